The van der Waals surface area contributed by atoms with E-state index < -0.39 is 5.97 Å². The molecule has 0 fully saturated rings. The van der Waals surface area contributed by atoms with Crippen molar-refractivity contribution in [3.8, 4) is 17.2 Å². The number of carbonyl (C=O) groups excluding carboxylic acids is 2. The van der Waals surface area contributed by atoms with Crippen LogP contribution in [0.5, 0.6) is 17.2 Å². The number of esters is 1. The van der Waals surface area contributed by atoms with Crippen LogP contribution in [-0.2, 0) is 9.53 Å². The van der Waals surface area contributed by atoms with Crippen LogP contribution >= 0.6 is 0 Å². The predicted molar refractivity (Wildman–Crippen MR) is 103 cm³/mol. The maximum atomic E-state index is 11.5. The molecule has 0 unspecified atom stereocenters. The highest BCUT2D eigenvalue weighted by molar-refractivity contribution is 5.94. The highest BCUT2D eigenvalue weighted by Gasteiger charge is 2.10. The minimum Gasteiger partial charge on any atom is -0.481 e. The van der Waals surface area contributed by atoms with Crippen LogP contribution in [0.3, 0.4) is 0 Å². The second-order valence-electron chi connectivity index (χ2n) is 5.88. The third-order valence-corrected chi connectivity index (χ3v) is 3.98. The van der Waals surface area contributed by atoms with Gasteiger partial charge in [-0.15, -0.1) is 0 Å². The van der Waals surface area contributed by atoms with Gasteiger partial charge in [0.1, 0.15) is 17.2 Å². The average molecular weight is 364 g/mol. The Morgan fingerprint density at radius 3 is 2.11 bits per heavy atom. The molecule has 0 aliphatic rings. The monoisotopic (exact) mass is 364 g/mol. The lowest BCUT2D eigenvalue weighted by Gasteiger charge is -2.12. The van der Waals surface area contributed by atoms with Crippen LogP contribution < -0.4 is 9.47 Å². The summed E-state index contributed by atoms with van der Waals surface area (Å²) in [5, 5.41) is 1.69. The normalized spacial score (nSPS) is 10.4. The molecule has 5 heteroatoms. The van der Waals surface area contributed by atoms with E-state index in [2.05, 4.69) is 0 Å². The number of Topliss-reactive ketones (excluding diaryl/α,β-unsaturated/α-hetero) is 1. The molecule has 0 saturated heterocycles. The lowest BCUT2D eigenvalue weighted by molar-refractivity contribution is -0.145. The van der Waals surface area contributed by atoms with Gasteiger partial charge >= 0.3 is 5.97 Å². The molecule has 138 valence electrons. The summed E-state index contributed by atoms with van der Waals surface area (Å²) in [6.45, 7) is 3.45. The van der Waals surface area contributed by atoms with Crippen LogP contribution in [0, 0.1) is 0 Å². The number of benzene rings is 3. The summed E-state index contributed by atoms with van der Waals surface area (Å²) in [7, 11) is 0. The second kappa shape index (κ2) is 8.36. The summed E-state index contributed by atoms with van der Waals surface area (Å²) < 4.78 is 16.5. The minimum atomic E-state index is -0.410. The van der Waals surface area contributed by atoms with Gasteiger partial charge in [-0.3, -0.25) is 4.79 Å². The topological polar surface area (TPSA) is 61.8 Å². The molecular weight excluding hydrogens is 344 g/mol. The molecule has 3 aromatic rings. The zero-order chi connectivity index (χ0) is 19.2. The van der Waals surface area contributed by atoms with Crippen molar-refractivity contribution in [3.63, 3.8) is 0 Å². The van der Waals surface area contributed by atoms with Gasteiger partial charge < -0.3 is 14.2 Å². The van der Waals surface area contributed by atoms with Gasteiger partial charge in [-0.1, -0.05) is 24.3 Å². The molecule has 0 aliphatic heterocycles. The number of carbonyl (C=O) groups is 2. The number of hydrogen-bond acceptors (Lipinski definition) is 5. The fourth-order valence-corrected chi connectivity index (χ4v) is 2.69. The molecule has 0 N–H and O–H groups in total. The Balaban J connectivity index is 1.85. The molecule has 0 saturated carbocycles. The first kappa shape index (κ1) is 18.5. The standard InChI is InChI=1S/C22H20O5/c1-3-25-22(24)14-26-20-8-4-7-19-18(20)6-5-9-21(19)27-17-12-10-16(11-13-17)15(2)23/h4-13H,3,14H2,1-2H3. The second-order valence-corrected chi connectivity index (χ2v) is 5.88. The van der Waals surface area contributed by atoms with Gasteiger partial charge in [0.2, 0.25) is 0 Å². The van der Waals surface area contributed by atoms with E-state index in [0.29, 0.717) is 29.4 Å². The van der Waals surface area contributed by atoms with Crippen molar-refractivity contribution in [1.82, 2.24) is 0 Å². The highest BCUT2D eigenvalue weighted by atomic mass is 16.6. The number of ketones is 1. The van der Waals surface area contributed by atoms with Crippen molar-refractivity contribution in [2.45, 2.75) is 13.8 Å². The van der Waals surface area contributed by atoms with Gasteiger partial charge in [-0.2, -0.15) is 0 Å². The third kappa shape index (κ3) is 4.44. The highest BCUT2D eigenvalue weighted by Crippen LogP contribution is 2.34. The van der Waals surface area contributed by atoms with Crippen molar-refractivity contribution in [2.75, 3.05) is 13.2 Å². The molecule has 0 bridgehead atoms. The molecular formula is C22H20O5. The Labute approximate surface area is 157 Å². The van der Waals surface area contributed by atoms with Crippen LogP contribution in [0.4, 0.5) is 0 Å². The van der Waals surface area contributed by atoms with E-state index in [1.54, 1.807) is 37.3 Å². The molecule has 0 atom stereocenters. The fraction of sp³-hybridized carbons (Fsp3) is 0.182. The summed E-state index contributed by atoms with van der Waals surface area (Å²) >= 11 is 0. The number of hydrogen-bond donors (Lipinski definition) is 0. The Bertz CT molecular complexity index is 960. The van der Waals surface area contributed by atoms with Crippen molar-refractivity contribution in [3.05, 3.63) is 66.2 Å². The van der Waals surface area contributed by atoms with E-state index in [4.69, 9.17) is 14.2 Å². The van der Waals surface area contributed by atoms with Crippen LogP contribution in [0.2, 0.25) is 0 Å². The zero-order valence-corrected chi connectivity index (χ0v) is 15.2. The summed E-state index contributed by atoms with van der Waals surface area (Å²) in [6, 6.07) is 18.2. The van der Waals surface area contributed by atoms with E-state index >= 15 is 0 Å². The summed E-state index contributed by atoms with van der Waals surface area (Å²) in [4.78, 5) is 22.9. The first-order chi connectivity index (χ1) is 13.1. The maximum Gasteiger partial charge on any atom is 0.344 e. The maximum absolute atomic E-state index is 11.5. The molecule has 27 heavy (non-hydrogen) atoms. The van der Waals surface area contributed by atoms with Gasteiger partial charge in [0.25, 0.3) is 0 Å². The van der Waals surface area contributed by atoms with E-state index in [-0.39, 0.29) is 12.4 Å². The number of ether oxygens (including phenoxy) is 3. The predicted octanol–water partition coefficient (Wildman–Crippen LogP) is 4.78. The van der Waals surface area contributed by atoms with Crippen molar-refractivity contribution >= 4 is 22.5 Å². The molecule has 0 aromatic heterocycles. The third-order valence-electron chi connectivity index (χ3n) is 3.98. The Hall–Kier alpha value is -3.34. The van der Waals surface area contributed by atoms with Crippen molar-refractivity contribution in [2.24, 2.45) is 0 Å². The van der Waals surface area contributed by atoms with Crippen molar-refractivity contribution in [1.29, 1.82) is 0 Å². The van der Waals surface area contributed by atoms with Crippen molar-refractivity contribution < 1.29 is 23.8 Å². The zero-order valence-electron chi connectivity index (χ0n) is 15.2. The first-order valence-corrected chi connectivity index (χ1v) is 8.67. The van der Waals surface area contributed by atoms with E-state index in [9.17, 15) is 9.59 Å². The van der Waals surface area contributed by atoms with E-state index in [0.717, 1.165) is 10.8 Å². The molecule has 0 spiro atoms. The van der Waals surface area contributed by atoms with Gasteiger partial charge in [0, 0.05) is 16.3 Å². The van der Waals surface area contributed by atoms with E-state index in [1.807, 2.05) is 30.3 Å². The van der Waals surface area contributed by atoms with Gasteiger partial charge in [-0.25, -0.2) is 4.79 Å². The van der Waals surface area contributed by atoms with Gasteiger partial charge in [0.15, 0.2) is 12.4 Å². The Kier molecular flexibility index (Phi) is 5.71. The van der Waals surface area contributed by atoms with Crippen LogP contribution in [0.15, 0.2) is 60.7 Å². The Morgan fingerprint density at radius 2 is 1.48 bits per heavy atom. The summed E-state index contributed by atoms with van der Waals surface area (Å²) in [6.07, 6.45) is 0. The molecule has 0 aliphatic carbocycles. The molecule has 3 rings (SSSR count). The largest absolute Gasteiger partial charge is 0.481 e. The molecule has 0 heterocycles. The first-order valence-electron chi connectivity index (χ1n) is 8.67. The summed E-state index contributed by atoms with van der Waals surface area (Å²) in [5.41, 5.74) is 0.634. The SMILES string of the molecule is CCOC(=O)COc1cccc2c(Oc3ccc(C(C)=O)cc3)cccc12. The smallest absolute Gasteiger partial charge is 0.344 e. The Morgan fingerprint density at radius 1 is 0.852 bits per heavy atom. The average Bonchev–Trinajstić information content (AvgIpc) is 2.67. The van der Waals surface area contributed by atoms with Gasteiger partial charge in [-0.05, 0) is 50.2 Å². The quantitative estimate of drug-likeness (QED) is 0.446. The molecule has 0 radical (unpaired) electrons. The lowest BCUT2D eigenvalue weighted by Crippen LogP contribution is -2.14. The number of rotatable bonds is 7. The minimum absolute atomic E-state index is 0.00935. The summed E-state index contributed by atoms with van der Waals surface area (Å²) in [5.74, 6) is 1.47. The van der Waals surface area contributed by atoms with Crippen LogP contribution in [-0.4, -0.2) is 25.0 Å². The molecule has 5 nitrogen and oxygen atoms in total. The number of fused-ring (bicyclic) bond motifs is 1. The van der Waals surface area contributed by atoms with Gasteiger partial charge in [0.05, 0.1) is 6.61 Å². The van der Waals surface area contributed by atoms with E-state index in [1.165, 1.54) is 6.92 Å². The fourth-order valence-electron chi connectivity index (χ4n) is 2.69. The molecule has 3 aromatic carbocycles. The van der Waals surface area contributed by atoms with Crippen LogP contribution in [0.25, 0.3) is 10.8 Å². The lowest BCUT2D eigenvalue weighted by atomic mass is 10.1. The van der Waals surface area contributed by atoms with Crippen LogP contribution in [0.1, 0.15) is 24.2 Å². The molecule has 0 amide bonds.